The maximum Gasteiger partial charge on any atom is 0.482 e. The zero-order valence-corrected chi connectivity index (χ0v) is 47.2. The van der Waals surface area contributed by atoms with Gasteiger partial charge in [-0.25, -0.2) is 14.4 Å². The summed E-state index contributed by atoms with van der Waals surface area (Å²) in [5.41, 5.74) is 1.56. The second kappa shape index (κ2) is 24.6. The summed E-state index contributed by atoms with van der Waals surface area (Å²) in [5, 5.41) is 6.19. The molecule has 12 rings (SSSR count). The van der Waals surface area contributed by atoms with Crippen molar-refractivity contribution in [2.24, 2.45) is 34.5 Å². The molecular formula is C58H86B2F3N3O11. The molecule has 426 valence electrons. The quantitative estimate of drug-likeness (QED) is 0.132. The van der Waals surface area contributed by atoms with Gasteiger partial charge in [-0.15, -0.1) is 0 Å². The number of alkyl halides is 3. The van der Waals surface area contributed by atoms with E-state index in [0.29, 0.717) is 68.3 Å². The number of aldehydes is 1. The topological polar surface area (TPSA) is 160 Å². The van der Waals surface area contributed by atoms with Crippen molar-refractivity contribution < 1.29 is 66.5 Å². The summed E-state index contributed by atoms with van der Waals surface area (Å²) in [6.45, 7) is 22.6. The Balaban J connectivity index is 0.000000199. The van der Waals surface area contributed by atoms with Gasteiger partial charge in [0.2, 0.25) is 6.29 Å². The van der Waals surface area contributed by atoms with Gasteiger partial charge in [-0.1, -0.05) is 109 Å². The smallest absolute Gasteiger partial charge is 0.446 e. The number of benzene rings is 2. The number of piperidine rings is 1. The second-order valence-corrected chi connectivity index (χ2v) is 25.0. The first-order chi connectivity index (χ1) is 36.7. The van der Waals surface area contributed by atoms with Crippen LogP contribution in [0.15, 0.2) is 60.7 Å². The van der Waals surface area contributed by atoms with E-state index in [9.17, 15) is 27.6 Å². The first kappa shape index (κ1) is 58.8. The van der Waals surface area contributed by atoms with Crippen LogP contribution >= 0.6 is 0 Å². The Bertz CT molecular complexity index is 2310. The molecular weight excluding hydrogens is 993 g/mol. The van der Waals surface area contributed by atoms with E-state index in [1.165, 1.54) is 19.3 Å². The molecule has 19 heteroatoms. The van der Waals surface area contributed by atoms with Crippen LogP contribution in [-0.2, 0) is 50.5 Å². The van der Waals surface area contributed by atoms with E-state index >= 15 is 0 Å². The van der Waals surface area contributed by atoms with Crippen molar-refractivity contribution in [1.29, 1.82) is 0 Å². The van der Waals surface area contributed by atoms with Crippen LogP contribution in [0.1, 0.15) is 159 Å². The lowest BCUT2D eigenvalue weighted by Crippen LogP contribution is -2.65. The zero-order chi connectivity index (χ0) is 56.8. The number of ether oxygens (including phenoxy) is 3. The van der Waals surface area contributed by atoms with Gasteiger partial charge in [-0.3, -0.25) is 4.79 Å². The van der Waals surface area contributed by atoms with Crippen molar-refractivity contribution in [2.75, 3.05) is 13.1 Å². The Hall–Kier alpha value is -4.32. The number of likely N-dealkylation sites (tertiary alicyclic amines) is 1. The number of nitrogens with one attached hydrogen (secondary N) is 2. The fourth-order valence-electron chi connectivity index (χ4n) is 13.7. The van der Waals surface area contributed by atoms with Crippen LogP contribution in [0.3, 0.4) is 0 Å². The highest BCUT2D eigenvalue weighted by Crippen LogP contribution is 2.67. The lowest BCUT2D eigenvalue weighted by Gasteiger charge is -2.64. The maximum atomic E-state index is 13.2. The maximum absolute atomic E-state index is 13.2. The van der Waals surface area contributed by atoms with Gasteiger partial charge >= 0.3 is 38.7 Å². The van der Waals surface area contributed by atoms with Crippen molar-refractivity contribution in [3.8, 4) is 0 Å². The molecule has 3 aliphatic heterocycles. The Morgan fingerprint density at radius 3 is 1.53 bits per heavy atom. The van der Waals surface area contributed by atoms with E-state index in [2.05, 4.69) is 64.3 Å². The molecule has 3 heterocycles. The number of rotatable bonds is 10. The molecule has 0 unspecified atom stereocenters. The van der Waals surface area contributed by atoms with Crippen LogP contribution in [0.25, 0.3) is 0 Å². The molecule has 11 atom stereocenters. The highest BCUT2D eigenvalue weighted by Gasteiger charge is 2.70. The SMILES string of the molecule is CC(C)(C)OC(=O)N1CCC[C@@H](OC(=O)N[C@@H](Cc2ccccc2)B2O[C@@H]3C[C@@H]4C[C@@H](C4(C)C)[C@]3(C)O2)C1.CC1(C)[C@@H]2C[C@H]3OB([C@H](Cc4ccccc4)NC(=O)OC4CCCCC4)O[C@@]3(C)[C@H]1C2.O=CC(F)(F)F.[2H]CC. The molecule has 2 aromatic carbocycles. The molecule has 2 N–H and O–H groups in total. The van der Waals surface area contributed by atoms with Crippen LogP contribution in [0.5, 0.6) is 0 Å². The molecule has 0 spiro atoms. The minimum absolute atomic E-state index is 0.0288. The third-order valence-corrected chi connectivity index (χ3v) is 18.1. The fraction of sp³-hybridized carbons (Fsp3) is 0.724. The molecule has 2 aromatic rings. The third-order valence-electron chi connectivity index (χ3n) is 18.1. The van der Waals surface area contributed by atoms with E-state index in [1.807, 2.05) is 69.3 Å². The van der Waals surface area contributed by atoms with Gasteiger partial charge in [0.05, 0.1) is 41.8 Å². The number of nitrogens with zero attached hydrogens (tertiary/aromatic N) is 1. The zero-order valence-electron chi connectivity index (χ0n) is 48.2. The van der Waals surface area contributed by atoms with Crippen LogP contribution in [-0.4, -0.2) is 116 Å². The first-order valence-corrected chi connectivity index (χ1v) is 28.2. The molecule has 4 bridgehead atoms. The summed E-state index contributed by atoms with van der Waals surface area (Å²) in [5.74, 6) is 1.61. The minimum atomic E-state index is -4.64. The van der Waals surface area contributed by atoms with E-state index in [-0.39, 0.29) is 53.1 Å². The van der Waals surface area contributed by atoms with E-state index in [0.717, 1.165) is 56.1 Å². The number of hydrogen-bond donors (Lipinski definition) is 2. The average molecular weight is 1080 g/mol. The largest absolute Gasteiger partial charge is 0.482 e. The van der Waals surface area contributed by atoms with E-state index < -0.39 is 50.4 Å². The monoisotopic (exact) mass is 1080 g/mol. The fourth-order valence-corrected chi connectivity index (χ4v) is 13.7. The number of hydrogen-bond acceptors (Lipinski definition) is 11. The van der Waals surface area contributed by atoms with Gasteiger partial charge in [0, 0.05) is 7.92 Å². The lowest BCUT2D eigenvalue weighted by molar-refractivity contribution is -0.199. The number of carbonyl (C=O) groups excluding carboxylic acids is 4. The number of carbonyl (C=O) groups is 4. The second-order valence-electron chi connectivity index (χ2n) is 25.0. The van der Waals surface area contributed by atoms with Crippen LogP contribution < -0.4 is 10.6 Å². The predicted octanol–water partition coefficient (Wildman–Crippen LogP) is 11.7. The summed E-state index contributed by atoms with van der Waals surface area (Å²) in [6, 6.07) is 20.3. The van der Waals surface area contributed by atoms with E-state index in [4.69, 9.17) is 39.0 Å². The summed E-state index contributed by atoms with van der Waals surface area (Å²) in [4.78, 5) is 48.8. The molecule has 3 saturated heterocycles. The number of alkyl carbamates (subject to hydrolysis) is 2. The van der Waals surface area contributed by atoms with Gasteiger partial charge in [-0.05, 0) is 157 Å². The summed E-state index contributed by atoms with van der Waals surface area (Å²) < 4.78 is 80.9. The molecule has 10 fully saturated rings. The summed E-state index contributed by atoms with van der Waals surface area (Å²) in [7, 11) is -1.01. The Morgan fingerprint density at radius 1 is 0.714 bits per heavy atom. The van der Waals surface area contributed by atoms with Crippen molar-refractivity contribution in [1.82, 2.24) is 15.5 Å². The van der Waals surface area contributed by atoms with Crippen molar-refractivity contribution in [3.63, 3.8) is 0 Å². The van der Waals surface area contributed by atoms with Gasteiger partial charge in [0.15, 0.2) is 0 Å². The molecule has 0 radical (unpaired) electrons. The van der Waals surface area contributed by atoms with Gasteiger partial charge in [-0.2, -0.15) is 13.2 Å². The molecule has 14 nitrogen and oxygen atoms in total. The molecule has 10 aliphatic rings. The highest BCUT2D eigenvalue weighted by atomic mass is 19.4. The number of halogens is 3. The number of amides is 3. The standard InChI is InChI=1S/C29H43BN2O6.C25H36BNO4.C2HF3O.C2H6/c1-27(2,3)36-26(34)32-14-10-13-21(18-32)35-25(33)31-24(15-19-11-8-7-9-12-19)30-37-23-17-20-16-22(28(20,4)5)29(23,6)38-30;1-24(2)18-15-20(24)25(3)21(16-18)30-26(31-25)22(14-17-10-6-4-7-11-17)27-23(28)29-19-12-8-5-9-13-19;3-2(4,5)1-6;1-2/h7-9,11-12,20-24H,10,13-18H2,1-6H3,(H,31,33);4,6-7,10-11,18-22H,5,8-9,12-16H2,1-3H3,(H,27,28);1H;1-2H3/t20-,21+,22-,23+,24-,29-;18-,20-,21+,22-,25-;;/m00../s1/i;;;1D. The molecule has 3 amide bonds. The average Bonchev–Trinajstić information content (AvgIpc) is 4.01. The van der Waals surface area contributed by atoms with Gasteiger partial charge < -0.3 is 48.4 Å². The molecule has 77 heavy (non-hydrogen) atoms. The Kier molecular flexibility index (Phi) is 18.8. The molecule has 7 saturated carbocycles. The minimum Gasteiger partial charge on any atom is -0.446 e. The lowest BCUT2D eigenvalue weighted by atomic mass is 9.43. The van der Waals surface area contributed by atoms with Gasteiger partial charge in [0.25, 0.3) is 0 Å². The molecule has 7 aliphatic carbocycles. The summed E-state index contributed by atoms with van der Waals surface area (Å²) >= 11 is 0. The Morgan fingerprint density at radius 2 is 1.13 bits per heavy atom. The van der Waals surface area contributed by atoms with Crippen LogP contribution in [0.4, 0.5) is 27.6 Å². The van der Waals surface area contributed by atoms with Crippen molar-refractivity contribution in [2.45, 2.75) is 219 Å². The van der Waals surface area contributed by atoms with Gasteiger partial charge in [0.1, 0.15) is 17.8 Å². The highest BCUT2D eigenvalue weighted by molar-refractivity contribution is 6.48. The predicted molar refractivity (Wildman–Crippen MR) is 288 cm³/mol. The Labute approximate surface area is 457 Å². The van der Waals surface area contributed by atoms with Crippen molar-refractivity contribution in [3.05, 3.63) is 71.8 Å². The van der Waals surface area contributed by atoms with E-state index in [1.54, 1.807) is 11.8 Å². The third kappa shape index (κ3) is 14.4. The van der Waals surface area contributed by atoms with Crippen molar-refractivity contribution >= 4 is 38.8 Å². The summed E-state index contributed by atoms with van der Waals surface area (Å²) in [6.07, 6.45) is 5.36. The normalized spacial score (nSPS) is 31.3. The van der Waals surface area contributed by atoms with Crippen LogP contribution in [0, 0.1) is 34.5 Å². The molecule has 0 aromatic heterocycles. The first-order valence-electron chi connectivity index (χ1n) is 28.9. The van der Waals surface area contributed by atoms with Crippen LogP contribution in [0.2, 0.25) is 0 Å².